The molecule has 0 amide bonds. The van der Waals surface area contributed by atoms with Crippen molar-refractivity contribution in [1.29, 1.82) is 0 Å². The third kappa shape index (κ3) is 1.23. The Labute approximate surface area is 86.7 Å². The van der Waals surface area contributed by atoms with Crippen molar-refractivity contribution in [2.24, 2.45) is 0 Å². The number of rotatable bonds is 2. The molecule has 0 saturated carbocycles. The number of alkyl halides is 1. The van der Waals surface area contributed by atoms with Crippen LogP contribution in [0.2, 0.25) is 0 Å². The molecule has 14 heavy (non-hydrogen) atoms. The molecule has 0 aliphatic heterocycles. The van der Waals surface area contributed by atoms with Crippen LogP contribution in [0.4, 0.5) is 5.82 Å². The van der Waals surface area contributed by atoms with E-state index in [2.05, 4.69) is 10.1 Å². The highest BCUT2D eigenvalue weighted by atomic mass is 35.5. The predicted octanol–water partition coefficient (Wildman–Crippen LogP) is 1.61. The van der Waals surface area contributed by atoms with E-state index in [4.69, 9.17) is 17.3 Å². The molecule has 4 nitrogen and oxygen atoms in total. The van der Waals surface area contributed by atoms with E-state index in [0.717, 1.165) is 23.3 Å². The Morgan fingerprint density at radius 3 is 3.00 bits per heavy atom. The topological polar surface area (TPSA) is 56.2 Å². The van der Waals surface area contributed by atoms with Gasteiger partial charge in [0, 0.05) is 11.6 Å². The highest BCUT2D eigenvalue weighted by Crippen LogP contribution is 2.19. The second-order valence-electron chi connectivity index (χ2n) is 3.01. The van der Waals surface area contributed by atoms with Crippen molar-refractivity contribution in [2.75, 3.05) is 5.73 Å². The minimum atomic E-state index is 0.373. The number of anilines is 1. The zero-order valence-electron chi connectivity index (χ0n) is 7.87. The summed E-state index contributed by atoms with van der Waals surface area (Å²) in [7, 11) is 0. The van der Waals surface area contributed by atoms with Crippen molar-refractivity contribution in [1.82, 2.24) is 14.6 Å². The normalized spacial score (nSPS) is 11.0. The molecular weight excluding hydrogens is 200 g/mol. The molecule has 0 radical (unpaired) electrons. The first-order valence-electron chi connectivity index (χ1n) is 4.44. The van der Waals surface area contributed by atoms with E-state index < -0.39 is 0 Å². The zero-order valence-corrected chi connectivity index (χ0v) is 8.62. The molecule has 2 rings (SSSR count). The maximum Gasteiger partial charge on any atom is 0.157 e. The van der Waals surface area contributed by atoms with Crippen molar-refractivity contribution in [3.63, 3.8) is 0 Å². The fourth-order valence-electron chi connectivity index (χ4n) is 1.49. The van der Waals surface area contributed by atoms with Gasteiger partial charge in [0.05, 0.1) is 17.8 Å². The average Bonchev–Trinajstić information content (AvgIpc) is 2.65. The third-order valence-corrected chi connectivity index (χ3v) is 2.49. The van der Waals surface area contributed by atoms with Gasteiger partial charge in [0.25, 0.3) is 0 Å². The van der Waals surface area contributed by atoms with Crippen LogP contribution >= 0.6 is 11.6 Å². The number of aromatic nitrogens is 3. The number of halogens is 1. The summed E-state index contributed by atoms with van der Waals surface area (Å²) in [5, 5.41) is 4.07. The molecule has 2 heterocycles. The molecule has 0 spiro atoms. The lowest BCUT2D eigenvalue weighted by Crippen LogP contribution is -2.08. The van der Waals surface area contributed by atoms with Gasteiger partial charge in [-0.25, -0.2) is 4.98 Å². The second kappa shape index (κ2) is 3.46. The van der Waals surface area contributed by atoms with Crippen LogP contribution in [0.3, 0.4) is 0 Å². The molecule has 5 heteroatoms. The van der Waals surface area contributed by atoms with Gasteiger partial charge in [-0.1, -0.05) is 6.92 Å². The molecule has 0 bridgehead atoms. The van der Waals surface area contributed by atoms with Gasteiger partial charge < -0.3 is 5.73 Å². The maximum atomic E-state index is 5.93. The summed E-state index contributed by atoms with van der Waals surface area (Å²) in [6, 6.07) is 1.83. The summed E-state index contributed by atoms with van der Waals surface area (Å²) in [5.74, 6) is 0.963. The van der Waals surface area contributed by atoms with Gasteiger partial charge in [-0.15, -0.1) is 11.6 Å². The zero-order chi connectivity index (χ0) is 10.1. The van der Waals surface area contributed by atoms with Gasteiger partial charge in [-0.2, -0.15) is 9.61 Å². The van der Waals surface area contributed by atoms with Gasteiger partial charge in [0.15, 0.2) is 5.65 Å². The summed E-state index contributed by atoms with van der Waals surface area (Å²) in [6.07, 6.45) is 2.50. The van der Waals surface area contributed by atoms with Crippen molar-refractivity contribution in [2.45, 2.75) is 19.2 Å². The molecule has 0 aliphatic rings. The van der Waals surface area contributed by atoms with E-state index in [0.29, 0.717) is 11.7 Å². The van der Waals surface area contributed by atoms with E-state index in [9.17, 15) is 0 Å². The quantitative estimate of drug-likeness (QED) is 0.767. The standard InChI is InChI=1S/C9H11ClN4/c1-2-7-6(5-10)9(11)14-8(13-7)3-4-12-14/h3-4H,2,5,11H2,1H3. The molecular formula is C9H11ClN4. The molecule has 0 unspecified atom stereocenters. The SMILES string of the molecule is CCc1nc2ccnn2c(N)c1CCl. The summed E-state index contributed by atoms with van der Waals surface area (Å²) in [4.78, 5) is 4.42. The minimum Gasteiger partial charge on any atom is -0.383 e. The lowest BCUT2D eigenvalue weighted by molar-refractivity contribution is 0.903. The maximum absolute atomic E-state index is 5.93. The minimum absolute atomic E-state index is 0.373. The van der Waals surface area contributed by atoms with Crippen molar-refractivity contribution in [3.8, 4) is 0 Å². The molecule has 0 saturated heterocycles. The van der Waals surface area contributed by atoms with Gasteiger partial charge >= 0.3 is 0 Å². The first-order chi connectivity index (χ1) is 6.77. The molecule has 2 aromatic heterocycles. The molecule has 0 aliphatic carbocycles. The van der Waals surface area contributed by atoms with Crippen molar-refractivity contribution >= 4 is 23.1 Å². The summed E-state index contributed by atoms with van der Waals surface area (Å²) < 4.78 is 1.61. The largest absolute Gasteiger partial charge is 0.383 e. The summed E-state index contributed by atoms with van der Waals surface area (Å²) in [6.45, 7) is 2.03. The van der Waals surface area contributed by atoms with Crippen LogP contribution in [0.15, 0.2) is 12.3 Å². The third-order valence-electron chi connectivity index (χ3n) is 2.23. The Morgan fingerprint density at radius 2 is 2.36 bits per heavy atom. The van der Waals surface area contributed by atoms with Crippen LogP contribution < -0.4 is 5.73 Å². The van der Waals surface area contributed by atoms with Crippen LogP contribution in [0, 0.1) is 0 Å². The van der Waals surface area contributed by atoms with E-state index in [-0.39, 0.29) is 0 Å². The van der Waals surface area contributed by atoms with Crippen LogP contribution in [0.25, 0.3) is 5.65 Å². The van der Waals surface area contributed by atoms with Crippen LogP contribution in [-0.4, -0.2) is 14.6 Å². The Hall–Kier alpha value is -1.29. The molecule has 2 N–H and O–H groups in total. The Kier molecular flexibility index (Phi) is 2.29. The molecule has 0 aromatic carbocycles. The number of aryl methyl sites for hydroxylation is 1. The fraction of sp³-hybridized carbons (Fsp3) is 0.333. The monoisotopic (exact) mass is 210 g/mol. The van der Waals surface area contributed by atoms with Crippen LogP contribution in [0.1, 0.15) is 18.2 Å². The number of hydrogen-bond acceptors (Lipinski definition) is 3. The first kappa shape index (κ1) is 9.27. The highest BCUT2D eigenvalue weighted by molar-refractivity contribution is 6.17. The first-order valence-corrected chi connectivity index (χ1v) is 4.98. The Morgan fingerprint density at radius 1 is 1.57 bits per heavy atom. The Balaban J connectivity index is 2.79. The average molecular weight is 211 g/mol. The Bertz CT molecular complexity index is 463. The van der Waals surface area contributed by atoms with Gasteiger partial charge in [-0.05, 0) is 6.42 Å². The van der Waals surface area contributed by atoms with Gasteiger partial charge in [-0.3, -0.25) is 0 Å². The van der Waals surface area contributed by atoms with E-state index in [1.165, 1.54) is 0 Å². The number of nitrogens with two attached hydrogens (primary N) is 1. The van der Waals surface area contributed by atoms with Gasteiger partial charge in [0.2, 0.25) is 0 Å². The smallest absolute Gasteiger partial charge is 0.157 e. The summed E-state index contributed by atoms with van der Waals surface area (Å²) in [5.41, 5.74) is 8.53. The van der Waals surface area contributed by atoms with Crippen molar-refractivity contribution in [3.05, 3.63) is 23.5 Å². The number of fused-ring (bicyclic) bond motifs is 1. The second-order valence-corrected chi connectivity index (χ2v) is 3.28. The van der Waals surface area contributed by atoms with Crippen LogP contribution in [0.5, 0.6) is 0 Å². The predicted molar refractivity (Wildman–Crippen MR) is 56.3 cm³/mol. The lowest BCUT2D eigenvalue weighted by Gasteiger charge is -2.08. The van der Waals surface area contributed by atoms with E-state index in [1.807, 2.05) is 13.0 Å². The number of hydrogen-bond donors (Lipinski definition) is 1. The molecule has 2 aromatic rings. The number of nitrogen functional groups attached to an aromatic ring is 1. The van der Waals surface area contributed by atoms with Crippen molar-refractivity contribution < 1.29 is 0 Å². The lowest BCUT2D eigenvalue weighted by atomic mass is 10.2. The van der Waals surface area contributed by atoms with Crippen LogP contribution in [-0.2, 0) is 12.3 Å². The van der Waals surface area contributed by atoms with Gasteiger partial charge in [0.1, 0.15) is 5.82 Å². The summed E-state index contributed by atoms with van der Waals surface area (Å²) >= 11 is 5.82. The fourth-order valence-corrected chi connectivity index (χ4v) is 1.78. The van der Waals surface area contributed by atoms with E-state index in [1.54, 1.807) is 10.7 Å². The molecule has 74 valence electrons. The number of nitrogens with zero attached hydrogens (tertiary/aromatic N) is 3. The molecule has 0 fully saturated rings. The highest BCUT2D eigenvalue weighted by Gasteiger charge is 2.10. The van der Waals surface area contributed by atoms with E-state index >= 15 is 0 Å². The molecule has 0 atom stereocenters.